The van der Waals surface area contributed by atoms with Crippen LogP contribution < -0.4 is 5.32 Å². The van der Waals surface area contributed by atoms with Crippen LogP contribution in [0.25, 0.3) is 11.3 Å². The maximum atomic E-state index is 12.2. The molecule has 1 aliphatic heterocycles. The van der Waals surface area contributed by atoms with Gasteiger partial charge in [-0.2, -0.15) is 5.10 Å². The molecule has 1 fully saturated rings. The molecule has 8 heteroatoms. The van der Waals surface area contributed by atoms with E-state index in [1.54, 1.807) is 13.2 Å². The van der Waals surface area contributed by atoms with Gasteiger partial charge in [0.15, 0.2) is 9.84 Å². The normalized spacial score (nSPS) is 19.2. The lowest BCUT2D eigenvalue weighted by atomic mass is 10.1. The Morgan fingerprint density at radius 3 is 2.80 bits per heavy atom. The van der Waals surface area contributed by atoms with Crippen LogP contribution in [0.5, 0.6) is 0 Å². The number of sulfone groups is 1. The molecule has 2 aromatic rings. The van der Waals surface area contributed by atoms with Gasteiger partial charge in [0.2, 0.25) is 5.91 Å². The number of hydrogen-bond donors (Lipinski definition) is 2. The van der Waals surface area contributed by atoms with Crippen molar-refractivity contribution < 1.29 is 13.2 Å². The first-order valence-corrected chi connectivity index (χ1v) is 10.0. The fourth-order valence-corrected chi connectivity index (χ4v) is 4.83. The van der Waals surface area contributed by atoms with Crippen molar-refractivity contribution in [3.8, 4) is 11.3 Å². The Labute approximate surface area is 147 Å². The Balaban J connectivity index is 1.54. The minimum atomic E-state index is -2.95. The second kappa shape index (κ2) is 7.37. The third-order valence-corrected chi connectivity index (χ3v) is 6.23. The Morgan fingerprint density at radius 2 is 2.12 bits per heavy atom. The first-order valence-electron chi connectivity index (χ1n) is 8.19. The number of benzene rings is 1. The molecule has 0 bridgehead atoms. The van der Waals surface area contributed by atoms with Crippen LogP contribution in [0.4, 0.5) is 0 Å². The molecule has 1 atom stereocenters. The summed E-state index contributed by atoms with van der Waals surface area (Å²) in [7, 11) is -1.16. The lowest BCUT2D eigenvalue weighted by Gasteiger charge is -2.22. The van der Waals surface area contributed by atoms with Gasteiger partial charge in [-0.05, 0) is 19.0 Å². The van der Waals surface area contributed by atoms with Gasteiger partial charge < -0.3 is 5.32 Å². The second-order valence-corrected chi connectivity index (χ2v) is 8.61. The summed E-state index contributed by atoms with van der Waals surface area (Å²) < 4.78 is 23.1. The summed E-state index contributed by atoms with van der Waals surface area (Å²) in [5.41, 5.74) is 2.80. The van der Waals surface area contributed by atoms with E-state index in [-0.39, 0.29) is 30.0 Å². The predicted octanol–water partition coefficient (Wildman–Crippen LogP) is 0.812. The van der Waals surface area contributed by atoms with Crippen molar-refractivity contribution in [3.05, 3.63) is 42.1 Å². The van der Waals surface area contributed by atoms with Crippen molar-refractivity contribution >= 4 is 15.7 Å². The standard InChI is InChI=1S/C17H22N4O3S/c1-21(15-7-8-25(23,24)12-15)11-16(22)18-9-14-10-19-20-17(14)13-5-3-2-4-6-13/h2-6,10,15H,7-9,11-12H2,1H3,(H,18,22)(H,19,20). The van der Waals surface area contributed by atoms with Crippen LogP contribution in [0.15, 0.2) is 36.5 Å². The van der Waals surface area contributed by atoms with Gasteiger partial charge in [0.05, 0.1) is 29.9 Å². The number of nitrogens with one attached hydrogen (secondary N) is 2. The van der Waals surface area contributed by atoms with Crippen molar-refractivity contribution in [2.75, 3.05) is 25.1 Å². The summed E-state index contributed by atoms with van der Waals surface area (Å²) in [5, 5.41) is 9.91. The fraction of sp³-hybridized carbons (Fsp3) is 0.412. The molecule has 1 amide bonds. The van der Waals surface area contributed by atoms with Crippen LogP contribution in [0.3, 0.4) is 0 Å². The van der Waals surface area contributed by atoms with Gasteiger partial charge in [-0.25, -0.2) is 8.42 Å². The summed E-state index contributed by atoms with van der Waals surface area (Å²) in [5.74, 6) is 0.211. The van der Waals surface area contributed by atoms with E-state index in [9.17, 15) is 13.2 Å². The molecule has 1 aromatic carbocycles. The maximum absolute atomic E-state index is 12.2. The third-order valence-electron chi connectivity index (χ3n) is 4.48. The quantitative estimate of drug-likeness (QED) is 0.793. The highest BCUT2D eigenvalue weighted by Crippen LogP contribution is 2.20. The average molecular weight is 362 g/mol. The molecule has 2 heterocycles. The molecule has 1 saturated heterocycles. The van der Waals surface area contributed by atoms with Gasteiger partial charge >= 0.3 is 0 Å². The number of likely N-dealkylation sites (N-methyl/N-ethyl adjacent to an activating group) is 1. The summed E-state index contributed by atoms with van der Waals surface area (Å²) in [4.78, 5) is 14.0. The first-order chi connectivity index (χ1) is 11.9. The number of nitrogens with zero attached hydrogens (tertiary/aromatic N) is 2. The zero-order chi connectivity index (χ0) is 17.9. The number of rotatable bonds is 6. The number of hydrogen-bond acceptors (Lipinski definition) is 5. The average Bonchev–Trinajstić information content (AvgIpc) is 3.20. The topological polar surface area (TPSA) is 95.2 Å². The highest BCUT2D eigenvalue weighted by atomic mass is 32.2. The van der Waals surface area contributed by atoms with Crippen LogP contribution in [-0.4, -0.2) is 60.6 Å². The predicted molar refractivity (Wildman–Crippen MR) is 95.6 cm³/mol. The number of aromatic nitrogens is 2. The van der Waals surface area contributed by atoms with Gasteiger partial charge in [-0.15, -0.1) is 0 Å². The molecular formula is C17H22N4O3S. The Morgan fingerprint density at radius 1 is 1.36 bits per heavy atom. The number of amides is 1. The Hall–Kier alpha value is -2.19. The molecule has 1 unspecified atom stereocenters. The van der Waals surface area contributed by atoms with Crippen LogP contribution in [0.2, 0.25) is 0 Å². The van der Waals surface area contributed by atoms with E-state index in [4.69, 9.17) is 0 Å². The van der Waals surface area contributed by atoms with Crippen LogP contribution >= 0.6 is 0 Å². The second-order valence-electron chi connectivity index (χ2n) is 6.38. The van der Waals surface area contributed by atoms with Gasteiger partial charge in [0.1, 0.15) is 0 Å². The summed E-state index contributed by atoms with van der Waals surface area (Å²) in [6.07, 6.45) is 2.29. The van der Waals surface area contributed by atoms with E-state index in [1.165, 1.54) is 0 Å². The summed E-state index contributed by atoms with van der Waals surface area (Å²) >= 11 is 0. The Bertz CT molecular complexity index is 833. The summed E-state index contributed by atoms with van der Waals surface area (Å²) in [6.45, 7) is 0.551. The zero-order valence-electron chi connectivity index (χ0n) is 14.1. The van der Waals surface area contributed by atoms with Crippen molar-refractivity contribution in [1.29, 1.82) is 0 Å². The molecule has 0 saturated carbocycles. The molecule has 1 aromatic heterocycles. The molecular weight excluding hydrogens is 340 g/mol. The van der Waals surface area contributed by atoms with E-state index in [1.807, 2.05) is 35.2 Å². The van der Waals surface area contributed by atoms with Crippen molar-refractivity contribution in [2.24, 2.45) is 0 Å². The van der Waals surface area contributed by atoms with Crippen molar-refractivity contribution in [2.45, 2.75) is 19.0 Å². The minimum Gasteiger partial charge on any atom is -0.351 e. The molecule has 134 valence electrons. The largest absolute Gasteiger partial charge is 0.351 e. The number of aromatic amines is 1. The van der Waals surface area contributed by atoms with Gasteiger partial charge in [0.25, 0.3) is 0 Å². The minimum absolute atomic E-state index is 0.0791. The monoisotopic (exact) mass is 362 g/mol. The van der Waals surface area contributed by atoms with Gasteiger partial charge in [-0.1, -0.05) is 30.3 Å². The SMILES string of the molecule is CN(CC(=O)NCc1cn[nH]c1-c1ccccc1)C1CCS(=O)(=O)C1. The van der Waals surface area contributed by atoms with E-state index < -0.39 is 9.84 Å². The van der Waals surface area contributed by atoms with E-state index in [0.717, 1.165) is 16.8 Å². The van der Waals surface area contributed by atoms with Crippen LogP contribution in [0, 0.1) is 0 Å². The molecule has 1 aliphatic rings. The number of carbonyl (C=O) groups excluding carboxylic acids is 1. The highest BCUT2D eigenvalue weighted by Gasteiger charge is 2.31. The van der Waals surface area contributed by atoms with Crippen LogP contribution in [-0.2, 0) is 21.2 Å². The molecule has 0 radical (unpaired) electrons. The molecule has 0 spiro atoms. The third kappa shape index (κ3) is 4.46. The fourth-order valence-electron chi connectivity index (χ4n) is 3.03. The van der Waals surface area contributed by atoms with Gasteiger partial charge in [-0.3, -0.25) is 14.8 Å². The smallest absolute Gasteiger partial charge is 0.234 e. The Kier molecular flexibility index (Phi) is 5.19. The van der Waals surface area contributed by atoms with Gasteiger partial charge in [0, 0.05) is 18.2 Å². The van der Waals surface area contributed by atoms with E-state index >= 15 is 0 Å². The zero-order valence-corrected chi connectivity index (χ0v) is 14.9. The molecule has 2 N–H and O–H groups in total. The highest BCUT2D eigenvalue weighted by molar-refractivity contribution is 7.91. The summed E-state index contributed by atoms with van der Waals surface area (Å²) in [6, 6.07) is 9.72. The van der Waals surface area contributed by atoms with Crippen molar-refractivity contribution in [1.82, 2.24) is 20.4 Å². The number of carbonyl (C=O) groups is 1. The number of H-pyrrole nitrogens is 1. The van der Waals surface area contributed by atoms with Crippen LogP contribution in [0.1, 0.15) is 12.0 Å². The van der Waals surface area contributed by atoms with Crippen molar-refractivity contribution in [3.63, 3.8) is 0 Å². The van der Waals surface area contributed by atoms with E-state index in [0.29, 0.717) is 13.0 Å². The molecule has 3 rings (SSSR count). The lowest BCUT2D eigenvalue weighted by molar-refractivity contribution is -0.122. The lowest BCUT2D eigenvalue weighted by Crippen LogP contribution is -2.41. The van der Waals surface area contributed by atoms with E-state index in [2.05, 4.69) is 15.5 Å². The maximum Gasteiger partial charge on any atom is 0.234 e. The molecule has 25 heavy (non-hydrogen) atoms. The first kappa shape index (κ1) is 17.6. The molecule has 0 aliphatic carbocycles. The molecule has 7 nitrogen and oxygen atoms in total.